The first-order valence-corrected chi connectivity index (χ1v) is 5.91. The van der Waals surface area contributed by atoms with Gasteiger partial charge in [-0.2, -0.15) is 0 Å². The maximum atomic E-state index is 5.23. The van der Waals surface area contributed by atoms with E-state index >= 15 is 0 Å². The van der Waals surface area contributed by atoms with Crippen molar-refractivity contribution >= 4 is 31.9 Å². The number of alkyl halides is 2. The predicted molar refractivity (Wildman–Crippen MR) is 60.8 cm³/mol. The van der Waals surface area contributed by atoms with Crippen molar-refractivity contribution in [3.05, 3.63) is 23.9 Å². The Hall–Kier alpha value is -0.0900. The normalized spacial score (nSPS) is 10.5. The molecule has 0 unspecified atom stereocenters. The molecule has 13 heavy (non-hydrogen) atoms. The Morgan fingerprint density at radius 2 is 2.23 bits per heavy atom. The lowest BCUT2D eigenvalue weighted by Crippen LogP contribution is -1.97. The smallest absolute Gasteiger partial charge is 0.213 e. The molecule has 0 saturated heterocycles. The molecule has 0 aliphatic carbocycles. The summed E-state index contributed by atoms with van der Waals surface area (Å²) in [6.45, 7) is 2.61. The molecule has 0 fully saturated rings. The first-order valence-electron chi connectivity index (χ1n) is 4.08. The molecule has 0 atom stereocenters. The highest BCUT2D eigenvalue weighted by molar-refractivity contribution is 9.24. The van der Waals surface area contributed by atoms with E-state index in [0.717, 1.165) is 6.42 Å². The fourth-order valence-electron chi connectivity index (χ4n) is 0.943. The van der Waals surface area contributed by atoms with Crippen LogP contribution in [-0.4, -0.2) is 15.3 Å². The predicted octanol–water partition coefficient (Wildman–Crippen LogP) is 3.14. The lowest BCUT2D eigenvalue weighted by molar-refractivity contribution is 0.326. The molecule has 0 bridgehead atoms. The van der Waals surface area contributed by atoms with Gasteiger partial charge in [0.25, 0.3) is 0 Å². The first kappa shape index (κ1) is 11.0. The summed E-state index contributed by atoms with van der Waals surface area (Å²) in [6.07, 6.45) is 2.75. The van der Waals surface area contributed by atoms with Crippen LogP contribution >= 0.6 is 31.9 Å². The van der Waals surface area contributed by atoms with Gasteiger partial charge in [0.2, 0.25) is 5.88 Å². The Morgan fingerprint density at radius 3 is 2.69 bits per heavy atom. The minimum absolute atomic E-state index is 0.305. The van der Waals surface area contributed by atoms with E-state index in [1.807, 2.05) is 25.3 Å². The van der Waals surface area contributed by atoms with Gasteiger partial charge < -0.3 is 4.74 Å². The van der Waals surface area contributed by atoms with Gasteiger partial charge in [-0.25, -0.2) is 4.98 Å². The van der Waals surface area contributed by atoms with Gasteiger partial charge in [-0.1, -0.05) is 37.9 Å². The van der Waals surface area contributed by atoms with Crippen molar-refractivity contribution in [2.75, 3.05) is 6.61 Å². The molecule has 0 N–H and O–H groups in total. The molecular weight excluding hydrogens is 298 g/mol. The quantitative estimate of drug-likeness (QED) is 0.797. The van der Waals surface area contributed by atoms with Crippen molar-refractivity contribution in [3.8, 4) is 5.88 Å². The Balaban J connectivity index is 2.59. The summed E-state index contributed by atoms with van der Waals surface area (Å²) >= 11 is 6.84. The van der Waals surface area contributed by atoms with E-state index in [2.05, 4.69) is 36.8 Å². The molecule has 0 saturated carbocycles. The second-order valence-electron chi connectivity index (χ2n) is 2.53. The van der Waals surface area contributed by atoms with E-state index < -0.39 is 0 Å². The third-order valence-corrected chi connectivity index (χ3v) is 2.13. The lowest BCUT2D eigenvalue weighted by atomic mass is 10.2. The van der Waals surface area contributed by atoms with E-state index in [0.29, 0.717) is 16.2 Å². The van der Waals surface area contributed by atoms with Gasteiger partial charge >= 0.3 is 0 Å². The summed E-state index contributed by atoms with van der Waals surface area (Å²) in [5, 5.41) is 0. The average Bonchev–Trinajstić information content (AvgIpc) is 2.08. The topological polar surface area (TPSA) is 22.1 Å². The van der Waals surface area contributed by atoms with Gasteiger partial charge in [-0.05, 0) is 18.9 Å². The fourth-order valence-corrected chi connectivity index (χ4v) is 1.69. The summed E-state index contributed by atoms with van der Waals surface area (Å²) in [7, 11) is 0. The summed E-state index contributed by atoms with van der Waals surface area (Å²) in [5.41, 5.74) is 1.18. The van der Waals surface area contributed by atoms with Gasteiger partial charge in [-0.3, -0.25) is 0 Å². The van der Waals surface area contributed by atoms with E-state index in [-0.39, 0.29) is 0 Å². The van der Waals surface area contributed by atoms with Crippen LogP contribution < -0.4 is 4.74 Å². The van der Waals surface area contributed by atoms with Crippen LogP contribution in [-0.2, 0) is 6.42 Å². The Kier molecular flexibility index (Phi) is 4.73. The van der Waals surface area contributed by atoms with Gasteiger partial charge in [0, 0.05) is 12.3 Å². The molecule has 0 spiro atoms. The summed E-state index contributed by atoms with van der Waals surface area (Å²) in [4.78, 5) is 4.16. The van der Waals surface area contributed by atoms with Crippen molar-refractivity contribution in [1.82, 2.24) is 4.98 Å². The van der Waals surface area contributed by atoms with E-state index in [1.54, 1.807) is 0 Å². The zero-order valence-electron chi connectivity index (χ0n) is 7.34. The van der Waals surface area contributed by atoms with Crippen LogP contribution in [0.5, 0.6) is 5.88 Å². The molecule has 1 aromatic heterocycles. The Morgan fingerprint density at radius 1 is 1.46 bits per heavy atom. The van der Waals surface area contributed by atoms with Gasteiger partial charge in [0.15, 0.2) is 0 Å². The second kappa shape index (κ2) is 5.60. The molecular formula is C9H11Br2NO. The van der Waals surface area contributed by atoms with Gasteiger partial charge in [-0.15, -0.1) is 0 Å². The third kappa shape index (κ3) is 4.09. The standard InChI is InChI=1S/C9H11Br2NO/c1-2-13-9-4-3-7(6-12-9)5-8(10)11/h3-4,6,8H,2,5H2,1H3. The zero-order chi connectivity index (χ0) is 9.68. The Bertz CT molecular complexity index is 248. The minimum atomic E-state index is 0.305. The summed E-state index contributed by atoms with van der Waals surface area (Å²) in [5.74, 6) is 0.687. The molecule has 4 heteroatoms. The molecule has 0 amide bonds. The second-order valence-corrected chi connectivity index (χ2v) is 5.97. The number of aromatic nitrogens is 1. The number of pyridine rings is 1. The number of nitrogens with zero attached hydrogens (tertiary/aromatic N) is 1. The van der Waals surface area contributed by atoms with Crippen LogP contribution in [0.3, 0.4) is 0 Å². The van der Waals surface area contributed by atoms with Crippen LogP contribution in [0, 0.1) is 0 Å². The molecule has 1 aromatic rings. The first-order chi connectivity index (χ1) is 6.22. The molecule has 1 heterocycles. The third-order valence-electron chi connectivity index (χ3n) is 1.48. The number of hydrogen-bond donors (Lipinski definition) is 0. The van der Waals surface area contributed by atoms with Gasteiger partial charge in [0.05, 0.1) is 10.3 Å². The molecule has 1 rings (SSSR count). The molecule has 72 valence electrons. The van der Waals surface area contributed by atoms with E-state index in [1.165, 1.54) is 5.56 Å². The van der Waals surface area contributed by atoms with E-state index in [4.69, 9.17) is 4.74 Å². The minimum Gasteiger partial charge on any atom is -0.478 e. The van der Waals surface area contributed by atoms with Crippen LogP contribution in [0.4, 0.5) is 0 Å². The highest BCUT2D eigenvalue weighted by Gasteiger charge is 2.01. The highest BCUT2D eigenvalue weighted by atomic mass is 79.9. The van der Waals surface area contributed by atoms with Crippen molar-refractivity contribution in [3.63, 3.8) is 0 Å². The number of rotatable bonds is 4. The van der Waals surface area contributed by atoms with Crippen LogP contribution in [0.15, 0.2) is 18.3 Å². The largest absolute Gasteiger partial charge is 0.478 e. The molecule has 0 aliphatic heterocycles. The number of halogens is 2. The summed E-state index contributed by atoms with van der Waals surface area (Å²) in [6, 6.07) is 3.91. The lowest BCUT2D eigenvalue weighted by Gasteiger charge is -2.04. The fraction of sp³-hybridized carbons (Fsp3) is 0.444. The zero-order valence-corrected chi connectivity index (χ0v) is 10.5. The number of hydrogen-bond acceptors (Lipinski definition) is 2. The maximum Gasteiger partial charge on any atom is 0.213 e. The van der Waals surface area contributed by atoms with Crippen molar-refractivity contribution < 1.29 is 4.74 Å². The SMILES string of the molecule is CCOc1ccc(CC(Br)Br)cn1. The average molecular weight is 309 g/mol. The van der Waals surface area contributed by atoms with Crippen LogP contribution in [0.2, 0.25) is 0 Å². The van der Waals surface area contributed by atoms with Crippen molar-refractivity contribution in [1.29, 1.82) is 0 Å². The molecule has 0 aliphatic rings. The number of ether oxygens (including phenoxy) is 1. The monoisotopic (exact) mass is 307 g/mol. The summed E-state index contributed by atoms with van der Waals surface area (Å²) < 4.78 is 5.54. The Labute approximate surface area is 95.0 Å². The van der Waals surface area contributed by atoms with Crippen molar-refractivity contribution in [2.24, 2.45) is 0 Å². The molecule has 0 aromatic carbocycles. The molecule has 0 radical (unpaired) electrons. The van der Waals surface area contributed by atoms with Crippen LogP contribution in [0.1, 0.15) is 12.5 Å². The molecule has 2 nitrogen and oxygen atoms in total. The maximum absolute atomic E-state index is 5.23. The highest BCUT2D eigenvalue weighted by Crippen LogP contribution is 2.16. The van der Waals surface area contributed by atoms with E-state index in [9.17, 15) is 0 Å². The van der Waals surface area contributed by atoms with Crippen molar-refractivity contribution in [2.45, 2.75) is 17.1 Å². The van der Waals surface area contributed by atoms with Crippen LogP contribution in [0.25, 0.3) is 0 Å². The van der Waals surface area contributed by atoms with Gasteiger partial charge in [0.1, 0.15) is 0 Å².